The van der Waals surface area contributed by atoms with Gasteiger partial charge in [0.05, 0.1) is 12.1 Å². The van der Waals surface area contributed by atoms with Crippen molar-refractivity contribution in [2.45, 2.75) is 24.4 Å². The molecular formula is C12H16N2S. The van der Waals surface area contributed by atoms with Crippen LogP contribution >= 0.6 is 11.8 Å². The average molecular weight is 220 g/mol. The third-order valence-electron chi connectivity index (χ3n) is 2.44. The molecule has 0 heterocycles. The minimum atomic E-state index is -0.0368. The number of hydrogen-bond donors (Lipinski definition) is 0. The number of nitrogens with zero attached hydrogens (tertiary/aromatic N) is 2. The highest BCUT2D eigenvalue weighted by molar-refractivity contribution is 7.98. The van der Waals surface area contributed by atoms with Crippen LogP contribution in [0.15, 0.2) is 29.2 Å². The van der Waals surface area contributed by atoms with Gasteiger partial charge < -0.3 is 0 Å². The van der Waals surface area contributed by atoms with Crippen LogP contribution in [0, 0.1) is 11.3 Å². The normalized spacial score (nSPS) is 12.5. The largest absolute Gasteiger partial charge is 0.287 e. The molecule has 2 nitrogen and oxygen atoms in total. The van der Waals surface area contributed by atoms with Crippen LogP contribution in [-0.4, -0.2) is 24.2 Å². The van der Waals surface area contributed by atoms with Crippen molar-refractivity contribution in [3.63, 3.8) is 0 Å². The van der Waals surface area contributed by atoms with Crippen molar-refractivity contribution in [3.05, 3.63) is 29.8 Å². The first-order chi connectivity index (χ1) is 7.17. The summed E-state index contributed by atoms with van der Waals surface area (Å²) in [6.07, 6.45) is 2.07. The van der Waals surface area contributed by atoms with Crippen molar-refractivity contribution in [1.82, 2.24) is 4.90 Å². The van der Waals surface area contributed by atoms with Crippen LogP contribution in [0.2, 0.25) is 0 Å². The van der Waals surface area contributed by atoms with E-state index in [2.05, 4.69) is 36.6 Å². The molecule has 0 saturated heterocycles. The van der Waals surface area contributed by atoms with E-state index in [1.54, 1.807) is 11.8 Å². The SMILES string of the molecule is CSc1ccc(CN(C)C(C)C#N)cc1. The van der Waals surface area contributed by atoms with Crippen molar-refractivity contribution < 1.29 is 0 Å². The molecule has 0 spiro atoms. The maximum Gasteiger partial charge on any atom is 0.0949 e. The van der Waals surface area contributed by atoms with E-state index in [1.165, 1.54) is 10.5 Å². The molecule has 80 valence electrons. The average Bonchev–Trinajstić information content (AvgIpc) is 2.29. The first kappa shape index (κ1) is 12.1. The molecule has 1 unspecified atom stereocenters. The van der Waals surface area contributed by atoms with E-state index in [-0.39, 0.29) is 6.04 Å². The van der Waals surface area contributed by atoms with Gasteiger partial charge in [0.1, 0.15) is 0 Å². The van der Waals surface area contributed by atoms with E-state index in [4.69, 9.17) is 5.26 Å². The number of rotatable bonds is 4. The smallest absolute Gasteiger partial charge is 0.0949 e. The van der Waals surface area contributed by atoms with Crippen LogP contribution in [-0.2, 0) is 6.54 Å². The molecule has 0 aliphatic heterocycles. The summed E-state index contributed by atoms with van der Waals surface area (Å²) >= 11 is 1.74. The fourth-order valence-electron chi connectivity index (χ4n) is 1.25. The first-order valence-electron chi connectivity index (χ1n) is 4.90. The molecule has 0 amide bonds. The molecule has 0 aromatic heterocycles. The lowest BCUT2D eigenvalue weighted by Gasteiger charge is -2.18. The molecule has 0 aliphatic carbocycles. The van der Waals surface area contributed by atoms with Crippen molar-refractivity contribution >= 4 is 11.8 Å². The van der Waals surface area contributed by atoms with Gasteiger partial charge in [-0.25, -0.2) is 0 Å². The van der Waals surface area contributed by atoms with Gasteiger partial charge in [0.15, 0.2) is 0 Å². The second kappa shape index (κ2) is 5.79. The number of hydrogen-bond acceptors (Lipinski definition) is 3. The third-order valence-corrected chi connectivity index (χ3v) is 3.18. The lowest BCUT2D eigenvalue weighted by molar-refractivity contribution is 0.294. The van der Waals surface area contributed by atoms with Gasteiger partial charge in [0.2, 0.25) is 0 Å². The van der Waals surface area contributed by atoms with Gasteiger partial charge in [-0.3, -0.25) is 4.90 Å². The summed E-state index contributed by atoms with van der Waals surface area (Å²) in [5.41, 5.74) is 1.25. The molecule has 0 bridgehead atoms. The van der Waals surface area contributed by atoms with Gasteiger partial charge in [-0.05, 0) is 37.9 Å². The van der Waals surface area contributed by atoms with E-state index >= 15 is 0 Å². The second-order valence-corrected chi connectivity index (χ2v) is 4.45. The van der Waals surface area contributed by atoms with Crippen molar-refractivity contribution in [2.24, 2.45) is 0 Å². The highest BCUT2D eigenvalue weighted by atomic mass is 32.2. The summed E-state index contributed by atoms with van der Waals surface area (Å²) < 4.78 is 0. The van der Waals surface area contributed by atoms with Crippen LogP contribution < -0.4 is 0 Å². The van der Waals surface area contributed by atoms with Gasteiger partial charge in [0, 0.05) is 11.4 Å². The van der Waals surface area contributed by atoms with Crippen LogP contribution in [0.4, 0.5) is 0 Å². The molecule has 1 aromatic carbocycles. The van der Waals surface area contributed by atoms with E-state index in [0.29, 0.717) is 0 Å². The minimum absolute atomic E-state index is 0.0368. The Balaban J connectivity index is 2.61. The van der Waals surface area contributed by atoms with Crippen LogP contribution in [0.1, 0.15) is 12.5 Å². The third kappa shape index (κ3) is 3.58. The zero-order chi connectivity index (χ0) is 11.3. The van der Waals surface area contributed by atoms with Crippen molar-refractivity contribution in [1.29, 1.82) is 5.26 Å². The number of nitriles is 1. The Morgan fingerprint density at radius 3 is 2.47 bits per heavy atom. The number of thioether (sulfide) groups is 1. The monoisotopic (exact) mass is 220 g/mol. The van der Waals surface area contributed by atoms with E-state index in [1.807, 2.05) is 18.9 Å². The van der Waals surface area contributed by atoms with Crippen molar-refractivity contribution in [3.8, 4) is 6.07 Å². The predicted molar refractivity (Wildman–Crippen MR) is 64.8 cm³/mol. The second-order valence-electron chi connectivity index (χ2n) is 3.57. The molecule has 0 radical (unpaired) electrons. The molecule has 15 heavy (non-hydrogen) atoms. The molecule has 0 aliphatic rings. The molecule has 1 aromatic rings. The van der Waals surface area contributed by atoms with Crippen LogP contribution in [0.25, 0.3) is 0 Å². The van der Waals surface area contributed by atoms with Gasteiger partial charge in [-0.2, -0.15) is 5.26 Å². The summed E-state index contributed by atoms with van der Waals surface area (Å²) in [4.78, 5) is 3.31. The maximum absolute atomic E-state index is 8.77. The highest BCUT2D eigenvalue weighted by Crippen LogP contribution is 2.15. The van der Waals surface area contributed by atoms with E-state index < -0.39 is 0 Å². The van der Waals surface area contributed by atoms with Gasteiger partial charge in [0.25, 0.3) is 0 Å². The van der Waals surface area contributed by atoms with Gasteiger partial charge in [-0.1, -0.05) is 12.1 Å². The Bertz CT molecular complexity index is 340. The minimum Gasteiger partial charge on any atom is -0.287 e. The van der Waals surface area contributed by atoms with Gasteiger partial charge in [-0.15, -0.1) is 11.8 Å². The molecule has 1 atom stereocenters. The molecule has 0 N–H and O–H groups in total. The Hall–Kier alpha value is -0.980. The van der Waals surface area contributed by atoms with Gasteiger partial charge >= 0.3 is 0 Å². The lowest BCUT2D eigenvalue weighted by Crippen LogP contribution is -2.26. The molecule has 0 fully saturated rings. The topological polar surface area (TPSA) is 27.0 Å². The Morgan fingerprint density at radius 1 is 1.40 bits per heavy atom. The summed E-state index contributed by atoms with van der Waals surface area (Å²) in [5, 5.41) is 8.77. The van der Waals surface area contributed by atoms with E-state index in [0.717, 1.165) is 6.54 Å². The fourth-order valence-corrected chi connectivity index (χ4v) is 1.66. The predicted octanol–water partition coefficient (Wildman–Crippen LogP) is 2.75. The van der Waals surface area contributed by atoms with Crippen LogP contribution in [0.5, 0.6) is 0 Å². The molecule has 0 saturated carbocycles. The summed E-state index contributed by atoms with van der Waals surface area (Å²) in [6.45, 7) is 2.74. The Kier molecular flexibility index (Phi) is 4.67. The van der Waals surface area contributed by atoms with Crippen LogP contribution in [0.3, 0.4) is 0 Å². The molecule has 3 heteroatoms. The van der Waals surface area contributed by atoms with Crippen molar-refractivity contribution in [2.75, 3.05) is 13.3 Å². The quantitative estimate of drug-likeness (QED) is 0.730. The zero-order valence-corrected chi connectivity index (χ0v) is 10.2. The molecule has 1 rings (SSSR count). The maximum atomic E-state index is 8.77. The fraction of sp³-hybridized carbons (Fsp3) is 0.417. The first-order valence-corrected chi connectivity index (χ1v) is 6.12. The summed E-state index contributed by atoms with van der Waals surface area (Å²) in [7, 11) is 1.97. The standard InChI is InChI=1S/C12H16N2S/c1-10(8-13)14(2)9-11-4-6-12(15-3)7-5-11/h4-7,10H,9H2,1-3H3. The molecular weight excluding hydrogens is 204 g/mol. The highest BCUT2D eigenvalue weighted by Gasteiger charge is 2.07. The Morgan fingerprint density at radius 2 is 2.00 bits per heavy atom. The Labute approximate surface area is 95.9 Å². The lowest BCUT2D eigenvalue weighted by atomic mass is 10.2. The zero-order valence-electron chi connectivity index (χ0n) is 9.40. The summed E-state index contributed by atoms with van der Waals surface area (Å²) in [5.74, 6) is 0. The number of benzene rings is 1. The summed E-state index contributed by atoms with van der Waals surface area (Å²) in [6, 6.07) is 10.7. The van der Waals surface area contributed by atoms with E-state index in [9.17, 15) is 0 Å².